The number of benzene rings is 2. The molecule has 0 unspecified atom stereocenters. The van der Waals surface area contributed by atoms with Gasteiger partial charge in [-0.1, -0.05) is 24.3 Å². The molecule has 0 bridgehead atoms. The lowest BCUT2D eigenvalue weighted by molar-refractivity contribution is -0.120. The Morgan fingerprint density at radius 3 is 2.24 bits per heavy atom. The summed E-state index contributed by atoms with van der Waals surface area (Å²) < 4.78 is 5.19. The van der Waals surface area contributed by atoms with Crippen LogP contribution in [-0.2, 0) is 9.59 Å². The summed E-state index contributed by atoms with van der Waals surface area (Å²) >= 11 is 1.45. The molecule has 1 aliphatic heterocycles. The number of ether oxygens (including phenoxy) is 1. The molecule has 6 heteroatoms. The van der Waals surface area contributed by atoms with E-state index in [2.05, 4.69) is 0 Å². The van der Waals surface area contributed by atoms with E-state index in [4.69, 9.17) is 4.74 Å². The first kappa shape index (κ1) is 19.0. The highest BCUT2D eigenvalue weighted by Gasteiger charge is 2.43. The minimum absolute atomic E-state index is 0.313. The predicted molar refractivity (Wildman–Crippen MR) is 116 cm³/mol. The third kappa shape index (κ3) is 3.32. The first-order chi connectivity index (χ1) is 14.2. The average molecular weight is 404 g/mol. The van der Waals surface area contributed by atoms with Gasteiger partial charge < -0.3 is 9.64 Å². The van der Waals surface area contributed by atoms with Gasteiger partial charge in [0.15, 0.2) is 0 Å². The molecule has 1 aromatic heterocycles. The Labute approximate surface area is 173 Å². The maximum atomic E-state index is 13.5. The van der Waals surface area contributed by atoms with Gasteiger partial charge in [0.25, 0.3) is 11.8 Å². The van der Waals surface area contributed by atoms with Gasteiger partial charge in [-0.05, 0) is 54.8 Å². The number of thiophene rings is 1. The molecule has 2 amide bonds. The second-order valence-corrected chi connectivity index (χ2v) is 7.37. The zero-order valence-corrected chi connectivity index (χ0v) is 17.0. The molecule has 0 saturated heterocycles. The summed E-state index contributed by atoms with van der Waals surface area (Å²) in [7, 11) is 1.58. The zero-order valence-electron chi connectivity index (χ0n) is 16.2. The predicted octanol–water partition coefficient (Wildman–Crippen LogP) is 4.57. The summed E-state index contributed by atoms with van der Waals surface area (Å²) in [6.45, 7) is 2.53. The summed E-state index contributed by atoms with van der Waals surface area (Å²) in [6, 6.07) is 20.4. The van der Waals surface area contributed by atoms with Gasteiger partial charge in [0, 0.05) is 17.1 Å². The summed E-state index contributed by atoms with van der Waals surface area (Å²) in [6.07, 6.45) is 0. The summed E-state index contributed by atoms with van der Waals surface area (Å²) in [5.74, 6) is 0.0280. The van der Waals surface area contributed by atoms with Crippen LogP contribution in [0.4, 0.5) is 11.4 Å². The molecule has 1 aliphatic rings. The van der Waals surface area contributed by atoms with Crippen molar-refractivity contribution in [1.82, 2.24) is 0 Å². The molecule has 0 fully saturated rings. The molecule has 29 heavy (non-hydrogen) atoms. The van der Waals surface area contributed by atoms with Crippen LogP contribution in [0.25, 0.3) is 5.57 Å². The number of carbonyl (C=O) groups is 2. The normalized spacial score (nSPS) is 13.9. The summed E-state index contributed by atoms with van der Waals surface area (Å²) in [5.41, 5.74) is 2.24. The van der Waals surface area contributed by atoms with Crippen molar-refractivity contribution in [2.75, 3.05) is 23.5 Å². The molecule has 3 aromatic rings. The van der Waals surface area contributed by atoms with Crippen LogP contribution < -0.4 is 14.5 Å². The number of para-hydroxylation sites is 1. The van der Waals surface area contributed by atoms with Gasteiger partial charge in [0.2, 0.25) is 0 Å². The number of hydrogen-bond acceptors (Lipinski definition) is 5. The van der Waals surface area contributed by atoms with Crippen LogP contribution in [0, 0.1) is 0 Å². The third-order valence-corrected chi connectivity index (χ3v) is 5.70. The first-order valence-electron chi connectivity index (χ1n) is 9.29. The molecule has 146 valence electrons. The Balaban J connectivity index is 1.84. The molecule has 2 aromatic carbocycles. The molecule has 2 heterocycles. The van der Waals surface area contributed by atoms with Crippen LogP contribution in [0.1, 0.15) is 11.8 Å². The van der Waals surface area contributed by atoms with E-state index in [1.165, 1.54) is 16.2 Å². The number of amides is 2. The van der Waals surface area contributed by atoms with Crippen LogP contribution >= 0.6 is 11.3 Å². The van der Waals surface area contributed by atoms with Gasteiger partial charge in [-0.2, -0.15) is 0 Å². The van der Waals surface area contributed by atoms with E-state index in [9.17, 15) is 9.59 Å². The highest BCUT2D eigenvalue weighted by atomic mass is 32.1. The minimum Gasteiger partial charge on any atom is -0.497 e. The number of nitrogens with zero attached hydrogens (tertiary/aromatic N) is 2. The minimum atomic E-state index is -0.325. The molecule has 0 aliphatic carbocycles. The molecule has 0 radical (unpaired) electrons. The fourth-order valence-electron chi connectivity index (χ4n) is 3.45. The number of hydrogen-bond donors (Lipinski definition) is 0. The van der Waals surface area contributed by atoms with E-state index in [0.717, 1.165) is 10.6 Å². The molecule has 0 spiro atoms. The van der Waals surface area contributed by atoms with Crippen molar-refractivity contribution in [2.24, 2.45) is 0 Å². The fraction of sp³-hybridized carbons (Fsp3) is 0.130. The lowest BCUT2D eigenvalue weighted by Crippen LogP contribution is -2.35. The standard InChI is InChI=1S/C23H20N2O3S/c1-3-24(16-8-5-4-6-9-16)21-20(19-10-7-15-29-19)22(26)25(23(21)27)17-11-13-18(28-2)14-12-17/h4-15H,3H2,1-2H3. The Bertz CT molecular complexity index is 1060. The molecule has 0 atom stereocenters. The first-order valence-corrected chi connectivity index (χ1v) is 10.2. The van der Waals surface area contributed by atoms with Gasteiger partial charge in [-0.3, -0.25) is 9.59 Å². The summed E-state index contributed by atoms with van der Waals surface area (Å²) in [5, 5.41) is 1.91. The van der Waals surface area contributed by atoms with Crippen LogP contribution in [0.2, 0.25) is 0 Å². The van der Waals surface area contributed by atoms with Crippen molar-refractivity contribution in [2.45, 2.75) is 6.92 Å². The van der Waals surface area contributed by atoms with E-state index < -0.39 is 0 Å². The fourth-order valence-corrected chi connectivity index (χ4v) is 4.22. The van der Waals surface area contributed by atoms with Crippen LogP contribution in [0.15, 0.2) is 77.8 Å². The van der Waals surface area contributed by atoms with E-state index in [1.807, 2.05) is 59.7 Å². The summed E-state index contributed by atoms with van der Waals surface area (Å²) in [4.78, 5) is 30.9. The second-order valence-electron chi connectivity index (χ2n) is 6.42. The Hall–Kier alpha value is -3.38. The van der Waals surface area contributed by atoms with E-state index >= 15 is 0 Å². The molecule has 0 N–H and O–H groups in total. The van der Waals surface area contributed by atoms with E-state index in [0.29, 0.717) is 29.3 Å². The van der Waals surface area contributed by atoms with Crippen molar-refractivity contribution in [1.29, 1.82) is 0 Å². The van der Waals surface area contributed by atoms with Crippen LogP contribution in [0.3, 0.4) is 0 Å². The SMILES string of the molecule is CCN(C1=C(c2cccs2)C(=O)N(c2ccc(OC)cc2)C1=O)c1ccccc1. The van der Waals surface area contributed by atoms with Gasteiger partial charge in [0.1, 0.15) is 11.4 Å². The molecular weight excluding hydrogens is 384 g/mol. The Morgan fingerprint density at radius 1 is 0.931 bits per heavy atom. The number of rotatable bonds is 6. The second kappa shape index (κ2) is 7.93. The van der Waals surface area contributed by atoms with Crippen molar-refractivity contribution in [3.63, 3.8) is 0 Å². The molecular formula is C23H20N2O3S. The number of imide groups is 1. The molecule has 0 saturated carbocycles. The zero-order chi connectivity index (χ0) is 20.4. The highest BCUT2D eigenvalue weighted by molar-refractivity contribution is 7.11. The lowest BCUT2D eigenvalue weighted by Gasteiger charge is -2.24. The van der Waals surface area contributed by atoms with Gasteiger partial charge >= 0.3 is 0 Å². The Morgan fingerprint density at radius 2 is 1.66 bits per heavy atom. The van der Waals surface area contributed by atoms with E-state index in [1.54, 1.807) is 31.4 Å². The monoisotopic (exact) mass is 404 g/mol. The third-order valence-electron chi connectivity index (χ3n) is 4.81. The number of carbonyl (C=O) groups excluding carboxylic acids is 2. The maximum Gasteiger partial charge on any atom is 0.282 e. The number of likely N-dealkylation sites (N-methyl/N-ethyl adjacent to an activating group) is 1. The molecule has 4 rings (SSSR count). The van der Waals surface area contributed by atoms with Gasteiger partial charge in [0.05, 0.1) is 18.4 Å². The average Bonchev–Trinajstić information content (AvgIpc) is 3.36. The smallest absolute Gasteiger partial charge is 0.282 e. The van der Waals surface area contributed by atoms with Crippen LogP contribution in [-0.4, -0.2) is 25.5 Å². The molecule has 5 nitrogen and oxygen atoms in total. The van der Waals surface area contributed by atoms with Crippen molar-refractivity contribution in [3.05, 3.63) is 82.7 Å². The number of methoxy groups -OCH3 is 1. The quantitative estimate of drug-likeness (QED) is 0.565. The Kier molecular flexibility index (Phi) is 5.18. The van der Waals surface area contributed by atoms with E-state index in [-0.39, 0.29) is 11.8 Å². The van der Waals surface area contributed by atoms with Gasteiger partial charge in [-0.25, -0.2) is 4.90 Å². The van der Waals surface area contributed by atoms with Crippen molar-refractivity contribution in [3.8, 4) is 5.75 Å². The largest absolute Gasteiger partial charge is 0.497 e. The highest BCUT2D eigenvalue weighted by Crippen LogP contribution is 2.38. The topological polar surface area (TPSA) is 49.9 Å². The van der Waals surface area contributed by atoms with Gasteiger partial charge in [-0.15, -0.1) is 11.3 Å². The van der Waals surface area contributed by atoms with Crippen molar-refractivity contribution >= 4 is 40.1 Å². The van der Waals surface area contributed by atoms with Crippen molar-refractivity contribution < 1.29 is 14.3 Å². The van der Waals surface area contributed by atoms with Crippen LogP contribution in [0.5, 0.6) is 5.75 Å². The number of anilines is 2. The lowest BCUT2D eigenvalue weighted by atomic mass is 10.1. The maximum absolute atomic E-state index is 13.5.